The molecule has 1 aromatic heterocycles. The molecular weight excluding hydrogens is 284 g/mol. The Kier molecular flexibility index (Phi) is 4.98. The second-order valence-corrected chi connectivity index (χ2v) is 4.65. The molecule has 118 valence electrons. The number of benzene rings is 1. The molecule has 1 aromatic carbocycles. The monoisotopic (exact) mass is 304 g/mol. The van der Waals surface area contributed by atoms with Crippen LogP contribution >= 0.6 is 0 Å². The van der Waals surface area contributed by atoms with E-state index in [1.54, 1.807) is 26.2 Å². The van der Waals surface area contributed by atoms with Crippen molar-refractivity contribution in [3.05, 3.63) is 23.9 Å². The number of nitrogens with zero attached hydrogens (tertiary/aromatic N) is 3. The molecular formula is C15H20N4O3. The van der Waals surface area contributed by atoms with Gasteiger partial charge in [0, 0.05) is 11.3 Å². The molecule has 0 fully saturated rings. The summed E-state index contributed by atoms with van der Waals surface area (Å²) in [5.41, 5.74) is 8.87. The lowest BCUT2D eigenvalue weighted by molar-refractivity contribution is -0.144. The first-order valence-electron chi connectivity index (χ1n) is 7.12. The molecule has 0 unspecified atom stereocenters. The van der Waals surface area contributed by atoms with Crippen molar-refractivity contribution in [2.45, 2.75) is 26.8 Å². The Bertz CT molecular complexity index is 667. The lowest BCUT2D eigenvalue weighted by Gasteiger charge is -2.11. The molecule has 0 atom stereocenters. The maximum atomic E-state index is 11.7. The Morgan fingerprint density at radius 1 is 1.36 bits per heavy atom. The lowest BCUT2D eigenvalue weighted by atomic mass is 10.1. The Morgan fingerprint density at radius 3 is 2.77 bits per heavy atom. The number of hydrogen-bond donors (Lipinski definition) is 1. The van der Waals surface area contributed by atoms with Gasteiger partial charge in [0.15, 0.2) is 0 Å². The predicted octanol–water partition coefficient (Wildman–Crippen LogP) is 1.66. The van der Waals surface area contributed by atoms with Crippen molar-refractivity contribution in [2.75, 3.05) is 19.5 Å². The largest absolute Gasteiger partial charge is 0.497 e. The molecule has 0 saturated carbocycles. The SMILES string of the molecule is CCOC(=O)Cn1nnc(CC)c1-c1cc(OC)ccc1N. The van der Waals surface area contributed by atoms with Gasteiger partial charge in [-0.25, -0.2) is 4.68 Å². The summed E-state index contributed by atoms with van der Waals surface area (Å²) in [4.78, 5) is 11.7. The van der Waals surface area contributed by atoms with E-state index in [4.69, 9.17) is 15.2 Å². The van der Waals surface area contributed by atoms with Gasteiger partial charge in [-0.2, -0.15) is 0 Å². The minimum Gasteiger partial charge on any atom is -0.497 e. The average Bonchev–Trinajstić information content (AvgIpc) is 2.90. The van der Waals surface area contributed by atoms with Gasteiger partial charge in [0.1, 0.15) is 12.3 Å². The number of nitrogen functional groups attached to an aromatic ring is 1. The van der Waals surface area contributed by atoms with E-state index in [1.165, 1.54) is 4.68 Å². The maximum absolute atomic E-state index is 11.7. The smallest absolute Gasteiger partial charge is 0.327 e. The van der Waals surface area contributed by atoms with Gasteiger partial charge in [0.2, 0.25) is 0 Å². The quantitative estimate of drug-likeness (QED) is 0.644. The van der Waals surface area contributed by atoms with Crippen molar-refractivity contribution < 1.29 is 14.3 Å². The van der Waals surface area contributed by atoms with Gasteiger partial charge in [-0.3, -0.25) is 4.79 Å². The number of aromatic nitrogens is 3. The molecule has 7 nitrogen and oxygen atoms in total. The number of hydrogen-bond acceptors (Lipinski definition) is 6. The minimum absolute atomic E-state index is 0.00712. The standard InChI is InChI=1S/C15H20N4O3/c1-4-13-15(11-8-10(21-3)6-7-12(11)16)19(18-17-13)9-14(20)22-5-2/h6-8H,4-5,9,16H2,1-3H3. The number of carbonyl (C=O) groups is 1. The molecule has 2 rings (SSSR count). The molecule has 0 amide bonds. The topological polar surface area (TPSA) is 92.3 Å². The number of esters is 1. The fourth-order valence-corrected chi connectivity index (χ4v) is 2.19. The van der Waals surface area contributed by atoms with Crippen LogP contribution in [0.25, 0.3) is 11.3 Å². The molecule has 22 heavy (non-hydrogen) atoms. The Balaban J connectivity index is 2.49. The number of anilines is 1. The first-order valence-corrected chi connectivity index (χ1v) is 7.12. The van der Waals surface area contributed by atoms with Gasteiger partial charge in [-0.15, -0.1) is 5.10 Å². The van der Waals surface area contributed by atoms with E-state index in [9.17, 15) is 4.79 Å². The zero-order chi connectivity index (χ0) is 16.1. The summed E-state index contributed by atoms with van der Waals surface area (Å²) in [5.74, 6) is 0.313. The predicted molar refractivity (Wildman–Crippen MR) is 82.4 cm³/mol. The van der Waals surface area contributed by atoms with Crippen LogP contribution in [0.2, 0.25) is 0 Å². The fraction of sp³-hybridized carbons (Fsp3) is 0.400. The molecule has 0 saturated heterocycles. The molecule has 7 heteroatoms. The van der Waals surface area contributed by atoms with Gasteiger partial charge in [-0.1, -0.05) is 12.1 Å². The van der Waals surface area contributed by atoms with Crippen LogP contribution in [-0.4, -0.2) is 34.7 Å². The highest BCUT2D eigenvalue weighted by Gasteiger charge is 2.19. The van der Waals surface area contributed by atoms with Crippen LogP contribution in [0, 0.1) is 0 Å². The molecule has 1 heterocycles. The molecule has 0 bridgehead atoms. The minimum atomic E-state index is -0.363. The van der Waals surface area contributed by atoms with Gasteiger partial charge in [0.05, 0.1) is 25.1 Å². The zero-order valence-electron chi connectivity index (χ0n) is 13.0. The van der Waals surface area contributed by atoms with Crippen LogP contribution in [0.4, 0.5) is 5.69 Å². The number of nitrogens with two attached hydrogens (primary N) is 1. The third kappa shape index (κ3) is 3.19. The van der Waals surface area contributed by atoms with E-state index in [2.05, 4.69) is 10.3 Å². The summed E-state index contributed by atoms with van der Waals surface area (Å²) in [7, 11) is 1.59. The molecule has 0 aliphatic rings. The van der Waals surface area contributed by atoms with Crippen molar-refractivity contribution in [3.63, 3.8) is 0 Å². The van der Waals surface area contributed by atoms with Gasteiger partial charge in [0.25, 0.3) is 0 Å². The first kappa shape index (κ1) is 15.8. The van der Waals surface area contributed by atoms with Crippen molar-refractivity contribution in [2.24, 2.45) is 0 Å². The average molecular weight is 304 g/mol. The highest BCUT2D eigenvalue weighted by molar-refractivity contribution is 5.78. The molecule has 0 spiro atoms. The Morgan fingerprint density at radius 2 is 2.14 bits per heavy atom. The van der Waals surface area contributed by atoms with Crippen molar-refractivity contribution in [1.29, 1.82) is 0 Å². The zero-order valence-corrected chi connectivity index (χ0v) is 13.0. The highest BCUT2D eigenvalue weighted by atomic mass is 16.5. The van der Waals surface area contributed by atoms with Crippen LogP contribution < -0.4 is 10.5 Å². The first-order chi connectivity index (χ1) is 10.6. The van der Waals surface area contributed by atoms with Crippen molar-refractivity contribution in [3.8, 4) is 17.0 Å². The third-order valence-electron chi connectivity index (χ3n) is 3.24. The van der Waals surface area contributed by atoms with Crippen LogP contribution in [0.15, 0.2) is 18.2 Å². The third-order valence-corrected chi connectivity index (χ3v) is 3.24. The molecule has 0 radical (unpaired) electrons. The van der Waals surface area contributed by atoms with E-state index in [1.807, 2.05) is 13.0 Å². The Hall–Kier alpha value is -2.57. The normalized spacial score (nSPS) is 10.5. The maximum Gasteiger partial charge on any atom is 0.327 e. The van der Waals surface area contributed by atoms with Crippen LogP contribution in [-0.2, 0) is 22.5 Å². The molecule has 2 aromatic rings. The fourth-order valence-electron chi connectivity index (χ4n) is 2.19. The summed E-state index contributed by atoms with van der Waals surface area (Å²) >= 11 is 0. The summed E-state index contributed by atoms with van der Waals surface area (Å²) in [6.07, 6.45) is 0.675. The van der Waals surface area contributed by atoms with Gasteiger partial charge >= 0.3 is 5.97 Å². The van der Waals surface area contributed by atoms with E-state index < -0.39 is 0 Å². The van der Waals surface area contributed by atoms with E-state index >= 15 is 0 Å². The number of methoxy groups -OCH3 is 1. The Labute approximate surface area is 129 Å². The van der Waals surface area contributed by atoms with E-state index in [0.29, 0.717) is 30.2 Å². The second kappa shape index (κ2) is 6.93. The van der Waals surface area contributed by atoms with E-state index in [-0.39, 0.29) is 12.5 Å². The number of carbonyl (C=O) groups excluding carboxylic acids is 1. The van der Waals surface area contributed by atoms with E-state index in [0.717, 1.165) is 11.3 Å². The molecule has 0 aliphatic heterocycles. The number of rotatable bonds is 6. The van der Waals surface area contributed by atoms with Crippen molar-refractivity contribution in [1.82, 2.24) is 15.0 Å². The summed E-state index contributed by atoms with van der Waals surface area (Å²) < 4.78 is 11.7. The van der Waals surface area contributed by atoms with Gasteiger partial charge < -0.3 is 15.2 Å². The van der Waals surface area contributed by atoms with Gasteiger partial charge in [-0.05, 0) is 31.5 Å². The summed E-state index contributed by atoms with van der Waals surface area (Å²) in [6, 6.07) is 5.36. The number of ether oxygens (including phenoxy) is 2. The molecule has 0 aliphatic carbocycles. The van der Waals surface area contributed by atoms with Crippen LogP contribution in [0.1, 0.15) is 19.5 Å². The van der Waals surface area contributed by atoms with Crippen LogP contribution in [0.5, 0.6) is 5.75 Å². The van der Waals surface area contributed by atoms with Crippen LogP contribution in [0.3, 0.4) is 0 Å². The number of aryl methyl sites for hydroxylation is 1. The summed E-state index contributed by atoms with van der Waals surface area (Å²) in [5, 5.41) is 8.18. The highest BCUT2D eigenvalue weighted by Crippen LogP contribution is 2.31. The van der Waals surface area contributed by atoms with Crippen molar-refractivity contribution >= 4 is 11.7 Å². The summed E-state index contributed by atoms with van der Waals surface area (Å²) in [6.45, 7) is 4.05. The second-order valence-electron chi connectivity index (χ2n) is 4.65. The molecule has 2 N–H and O–H groups in total. The lowest BCUT2D eigenvalue weighted by Crippen LogP contribution is -2.16.